The number of allylic oxidation sites excluding steroid dienone is 1. The Hall–Kier alpha value is 0.423. The average Bonchev–Trinajstić information content (AvgIpc) is 2.48. The van der Waals surface area contributed by atoms with E-state index in [0.717, 1.165) is 0 Å². The van der Waals surface area contributed by atoms with Gasteiger partial charge in [0.05, 0.1) is 0 Å². The topological polar surface area (TPSA) is 0 Å². The van der Waals surface area contributed by atoms with E-state index in [9.17, 15) is 0 Å². The van der Waals surface area contributed by atoms with Crippen molar-refractivity contribution in [3.63, 3.8) is 0 Å². The Balaban J connectivity index is 0.000000337. The van der Waals surface area contributed by atoms with Gasteiger partial charge in [0.25, 0.3) is 0 Å². The number of benzene rings is 1. The first-order valence-electron chi connectivity index (χ1n) is 4.85. The van der Waals surface area contributed by atoms with Crippen LogP contribution in [0.1, 0.15) is 35.1 Å². The second-order valence-corrected chi connectivity index (χ2v) is 7.54. The van der Waals surface area contributed by atoms with Crippen LogP contribution in [0.2, 0.25) is 0 Å². The fourth-order valence-electron chi connectivity index (χ4n) is 2.12. The molecule has 0 heterocycles. The summed E-state index contributed by atoms with van der Waals surface area (Å²) < 4.78 is 0. The average molecular weight is 320 g/mol. The van der Waals surface area contributed by atoms with Gasteiger partial charge < -0.3 is 0 Å². The summed E-state index contributed by atoms with van der Waals surface area (Å²) in [5.74, 6) is 0.612. The fraction of sp³-hybridized carbons (Fsp3) is 0.333. The Labute approximate surface area is 110 Å². The Morgan fingerprint density at radius 2 is 1.80 bits per heavy atom. The van der Waals surface area contributed by atoms with E-state index < -0.39 is 20.8 Å². The van der Waals surface area contributed by atoms with Crippen LogP contribution < -0.4 is 0 Å². The van der Waals surface area contributed by atoms with Crippen LogP contribution in [0.3, 0.4) is 0 Å². The molecule has 2 rings (SSSR count). The predicted octanol–water partition coefficient (Wildman–Crippen LogP) is 4.81. The molecule has 1 aliphatic carbocycles. The standard InChI is InChI=1S/C12H14.2ClH.Zr/c1-8-6-10(3)12-9(2)4-5-11(12)7-8;;;/h4-7,9H,1-3H3;2*1H;/q;;;+2/p-2. The van der Waals surface area contributed by atoms with E-state index in [-0.39, 0.29) is 0 Å². The molecule has 1 aromatic rings. The normalized spacial score (nSPS) is 16.7. The predicted molar refractivity (Wildman–Crippen MR) is 65.1 cm³/mol. The molecule has 0 N–H and O–H groups in total. The molecular weight excluding hydrogens is 306 g/mol. The van der Waals surface area contributed by atoms with Crippen LogP contribution in [-0.2, 0) is 20.8 Å². The number of aryl methyl sites for hydroxylation is 2. The number of hydrogen-bond acceptors (Lipinski definition) is 0. The van der Waals surface area contributed by atoms with E-state index in [4.69, 9.17) is 17.0 Å². The summed E-state index contributed by atoms with van der Waals surface area (Å²) in [4.78, 5) is 0. The Morgan fingerprint density at radius 1 is 1.20 bits per heavy atom. The molecule has 0 aliphatic heterocycles. The molecule has 3 heteroatoms. The van der Waals surface area contributed by atoms with Gasteiger partial charge in [-0.15, -0.1) is 0 Å². The zero-order valence-electron chi connectivity index (χ0n) is 9.14. The summed E-state index contributed by atoms with van der Waals surface area (Å²) in [6.07, 6.45) is 4.51. The molecule has 0 bridgehead atoms. The van der Waals surface area contributed by atoms with Crippen molar-refractivity contribution in [1.29, 1.82) is 0 Å². The molecule has 15 heavy (non-hydrogen) atoms. The van der Waals surface area contributed by atoms with Crippen LogP contribution in [0.25, 0.3) is 6.08 Å². The third-order valence-corrected chi connectivity index (χ3v) is 2.58. The summed E-state index contributed by atoms with van der Waals surface area (Å²) >= 11 is -0.826. The minimum absolute atomic E-state index is 0.612. The van der Waals surface area contributed by atoms with Crippen LogP contribution in [0.5, 0.6) is 0 Å². The first kappa shape index (κ1) is 13.5. The molecule has 0 spiro atoms. The van der Waals surface area contributed by atoms with Gasteiger partial charge in [-0.1, -0.05) is 36.8 Å². The van der Waals surface area contributed by atoms with Gasteiger partial charge >= 0.3 is 37.9 Å². The first-order chi connectivity index (χ1) is 7.10. The monoisotopic (exact) mass is 318 g/mol. The van der Waals surface area contributed by atoms with Gasteiger partial charge in [-0.3, -0.25) is 0 Å². The second-order valence-electron chi connectivity index (χ2n) is 3.80. The quantitative estimate of drug-likeness (QED) is 0.643. The molecule has 1 aliphatic rings. The summed E-state index contributed by atoms with van der Waals surface area (Å²) in [6, 6.07) is 4.53. The van der Waals surface area contributed by atoms with Crippen LogP contribution in [0.15, 0.2) is 18.2 Å². The van der Waals surface area contributed by atoms with Gasteiger partial charge in [0, 0.05) is 5.92 Å². The Morgan fingerprint density at radius 3 is 2.40 bits per heavy atom. The van der Waals surface area contributed by atoms with Crippen molar-refractivity contribution in [2.45, 2.75) is 26.7 Å². The van der Waals surface area contributed by atoms with Crippen LogP contribution >= 0.6 is 17.0 Å². The molecule has 0 saturated heterocycles. The summed E-state index contributed by atoms with van der Waals surface area (Å²) in [6.45, 7) is 6.62. The number of fused-ring (bicyclic) bond motifs is 1. The molecule has 1 aromatic carbocycles. The van der Waals surface area contributed by atoms with E-state index in [0.29, 0.717) is 5.92 Å². The first-order valence-corrected chi connectivity index (χ1v) is 11.2. The molecule has 0 fully saturated rings. The van der Waals surface area contributed by atoms with Crippen molar-refractivity contribution in [2.75, 3.05) is 0 Å². The van der Waals surface area contributed by atoms with E-state index in [1.165, 1.54) is 22.3 Å². The minimum atomic E-state index is -0.826. The van der Waals surface area contributed by atoms with E-state index in [2.05, 4.69) is 45.1 Å². The van der Waals surface area contributed by atoms with Crippen LogP contribution in [0, 0.1) is 13.8 Å². The van der Waals surface area contributed by atoms with Crippen LogP contribution in [-0.4, -0.2) is 0 Å². The van der Waals surface area contributed by atoms with Gasteiger partial charge in [-0.25, -0.2) is 0 Å². The van der Waals surface area contributed by atoms with Crippen molar-refractivity contribution in [2.24, 2.45) is 0 Å². The molecule has 80 valence electrons. The Bertz CT molecular complexity index is 372. The maximum atomic E-state index is 4.93. The van der Waals surface area contributed by atoms with Gasteiger partial charge in [0.15, 0.2) is 0 Å². The molecule has 0 radical (unpaired) electrons. The zero-order chi connectivity index (χ0) is 11.4. The van der Waals surface area contributed by atoms with E-state index >= 15 is 0 Å². The third-order valence-electron chi connectivity index (χ3n) is 2.58. The molecule has 0 nitrogen and oxygen atoms in total. The Kier molecular flexibility index (Phi) is 5.60. The molecule has 0 amide bonds. The number of halogens is 2. The summed E-state index contributed by atoms with van der Waals surface area (Å²) in [7, 11) is 9.87. The molecular formula is C12H14Cl2Zr. The van der Waals surface area contributed by atoms with Gasteiger partial charge in [-0.05, 0) is 30.5 Å². The SMILES string of the molecule is Cc1cc(C)c2c(c1)C=CC2C.[Cl][Zr][Cl]. The molecule has 1 unspecified atom stereocenters. The van der Waals surface area contributed by atoms with Gasteiger partial charge in [0.2, 0.25) is 0 Å². The molecule has 0 aromatic heterocycles. The summed E-state index contributed by atoms with van der Waals surface area (Å²) in [5.41, 5.74) is 5.73. The van der Waals surface area contributed by atoms with E-state index in [1.807, 2.05) is 0 Å². The fourth-order valence-corrected chi connectivity index (χ4v) is 2.12. The van der Waals surface area contributed by atoms with Crippen molar-refractivity contribution in [1.82, 2.24) is 0 Å². The van der Waals surface area contributed by atoms with Gasteiger partial charge in [-0.2, -0.15) is 0 Å². The third kappa shape index (κ3) is 3.44. The van der Waals surface area contributed by atoms with E-state index in [1.54, 1.807) is 0 Å². The maximum absolute atomic E-state index is 4.93. The van der Waals surface area contributed by atoms with Crippen molar-refractivity contribution in [3.05, 3.63) is 40.5 Å². The van der Waals surface area contributed by atoms with Crippen molar-refractivity contribution < 1.29 is 20.8 Å². The zero-order valence-corrected chi connectivity index (χ0v) is 13.1. The number of hydrogen-bond donors (Lipinski definition) is 0. The molecule has 1 atom stereocenters. The van der Waals surface area contributed by atoms with Crippen molar-refractivity contribution in [3.8, 4) is 0 Å². The molecule has 0 saturated carbocycles. The second kappa shape index (κ2) is 6.23. The van der Waals surface area contributed by atoms with Crippen LogP contribution in [0.4, 0.5) is 0 Å². The number of rotatable bonds is 0. The van der Waals surface area contributed by atoms with Crippen molar-refractivity contribution >= 4 is 23.1 Å². The summed E-state index contributed by atoms with van der Waals surface area (Å²) in [5, 5.41) is 0. The van der Waals surface area contributed by atoms with Gasteiger partial charge in [0.1, 0.15) is 0 Å².